The highest BCUT2D eigenvalue weighted by Gasteiger charge is 2.28. The van der Waals surface area contributed by atoms with Crippen LogP contribution in [0.3, 0.4) is 0 Å². The number of rotatable bonds is 9. The number of benzene rings is 3. The number of nitrogens with zero attached hydrogens (tertiary/aromatic N) is 1. The van der Waals surface area contributed by atoms with Crippen LogP contribution in [0.2, 0.25) is 0 Å². The lowest BCUT2D eigenvalue weighted by Gasteiger charge is -2.33. The van der Waals surface area contributed by atoms with Crippen molar-refractivity contribution < 1.29 is 23.7 Å². The fourth-order valence-corrected chi connectivity index (χ4v) is 5.44. The maximum Gasteiger partial charge on any atom is 0.409 e. The van der Waals surface area contributed by atoms with E-state index in [1.54, 1.807) is 12.0 Å². The van der Waals surface area contributed by atoms with Gasteiger partial charge in [0, 0.05) is 12.5 Å². The quantitative estimate of drug-likeness (QED) is 0.316. The van der Waals surface area contributed by atoms with Crippen LogP contribution in [0.15, 0.2) is 78.9 Å². The van der Waals surface area contributed by atoms with Crippen molar-refractivity contribution in [2.45, 2.75) is 50.2 Å². The van der Waals surface area contributed by atoms with E-state index in [-0.39, 0.29) is 24.2 Å². The van der Waals surface area contributed by atoms with Crippen LogP contribution in [0.25, 0.3) is 0 Å². The lowest BCUT2D eigenvalue weighted by Crippen LogP contribution is -2.42. The fourth-order valence-electron chi connectivity index (χ4n) is 5.44. The molecular formula is C32H37NO5. The predicted octanol–water partition coefficient (Wildman–Crippen LogP) is 6.75. The Morgan fingerprint density at radius 3 is 2.29 bits per heavy atom. The van der Waals surface area contributed by atoms with Gasteiger partial charge in [0.2, 0.25) is 0 Å². The summed E-state index contributed by atoms with van der Waals surface area (Å²) in [7, 11) is 1.66. The maximum absolute atomic E-state index is 13.0. The minimum Gasteiger partial charge on any atom is -0.493 e. The summed E-state index contributed by atoms with van der Waals surface area (Å²) in [6.45, 7) is 1.75. The summed E-state index contributed by atoms with van der Waals surface area (Å²) in [5, 5.41) is 0. The van der Waals surface area contributed by atoms with Gasteiger partial charge < -0.3 is 23.8 Å². The van der Waals surface area contributed by atoms with Crippen molar-refractivity contribution in [3.63, 3.8) is 0 Å². The Labute approximate surface area is 225 Å². The molecule has 6 nitrogen and oxygen atoms in total. The molecular weight excluding hydrogens is 478 g/mol. The first-order chi connectivity index (χ1) is 18.7. The number of carbonyl (C=O) groups is 1. The Balaban J connectivity index is 1.20. The third-order valence-corrected chi connectivity index (χ3v) is 7.52. The van der Waals surface area contributed by atoms with Crippen LogP contribution in [0.4, 0.5) is 4.79 Å². The van der Waals surface area contributed by atoms with Gasteiger partial charge in [-0.15, -0.1) is 0 Å². The van der Waals surface area contributed by atoms with Gasteiger partial charge in [0.15, 0.2) is 11.5 Å². The molecule has 3 aromatic carbocycles. The van der Waals surface area contributed by atoms with Crippen LogP contribution in [-0.4, -0.2) is 50.5 Å². The van der Waals surface area contributed by atoms with Crippen LogP contribution in [0, 0.1) is 0 Å². The molecule has 2 aliphatic rings. The number of morpholine rings is 1. The van der Waals surface area contributed by atoms with Crippen LogP contribution in [0.5, 0.6) is 11.5 Å². The van der Waals surface area contributed by atoms with E-state index in [9.17, 15) is 4.79 Å². The lowest BCUT2D eigenvalue weighted by atomic mass is 9.89. The van der Waals surface area contributed by atoms with Crippen molar-refractivity contribution in [3.8, 4) is 11.5 Å². The van der Waals surface area contributed by atoms with E-state index in [2.05, 4.69) is 48.5 Å². The largest absolute Gasteiger partial charge is 0.493 e. The third-order valence-electron chi connectivity index (χ3n) is 7.52. The zero-order valence-corrected chi connectivity index (χ0v) is 22.1. The molecule has 1 saturated carbocycles. The topological polar surface area (TPSA) is 57.2 Å². The Hall–Kier alpha value is -3.51. The van der Waals surface area contributed by atoms with Gasteiger partial charge in [0.05, 0.1) is 33.0 Å². The van der Waals surface area contributed by atoms with Gasteiger partial charge in [0.1, 0.15) is 6.10 Å². The molecule has 3 aromatic rings. The van der Waals surface area contributed by atoms with Gasteiger partial charge in [-0.3, -0.25) is 0 Å². The number of hydrogen-bond donors (Lipinski definition) is 0. The monoisotopic (exact) mass is 515 g/mol. The Morgan fingerprint density at radius 2 is 1.63 bits per heavy atom. The van der Waals surface area contributed by atoms with E-state index >= 15 is 0 Å². The Bertz CT molecular complexity index is 1120. The van der Waals surface area contributed by atoms with E-state index in [1.807, 2.05) is 30.3 Å². The molecule has 38 heavy (non-hydrogen) atoms. The summed E-state index contributed by atoms with van der Waals surface area (Å²) in [6.07, 6.45) is 4.95. The molecule has 1 aliphatic carbocycles. The van der Waals surface area contributed by atoms with Crippen molar-refractivity contribution in [2.75, 3.05) is 33.4 Å². The van der Waals surface area contributed by atoms with Crippen molar-refractivity contribution in [1.82, 2.24) is 4.90 Å². The molecule has 1 amide bonds. The molecule has 0 bridgehead atoms. The second-order valence-electron chi connectivity index (χ2n) is 10.0. The molecule has 1 atom stereocenters. The number of ether oxygens (including phenoxy) is 4. The second-order valence-corrected chi connectivity index (χ2v) is 10.0. The SMILES string of the molecule is COc1ccc(C2CN(C(=O)OCCC(c3ccccc3)c3ccccc3)CCO2)cc1OC1CCCC1. The number of amides is 1. The van der Waals surface area contributed by atoms with Gasteiger partial charge in [-0.2, -0.15) is 0 Å². The van der Waals surface area contributed by atoms with E-state index < -0.39 is 0 Å². The average Bonchev–Trinajstić information content (AvgIpc) is 3.49. The highest BCUT2D eigenvalue weighted by Crippen LogP contribution is 2.35. The predicted molar refractivity (Wildman–Crippen MR) is 147 cm³/mol. The minimum atomic E-state index is -0.297. The number of carbonyl (C=O) groups excluding carboxylic acids is 1. The smallest absolute Gasteiger partial charge is 0.409 e. The molecule has 2 fully saturated rings. The molecule has 200 valence electrons. The number of methoxy groups -OCH3 is 1. The molecule has 0 spiro atoms. The van der Waals surface area contributed by atoms with Crippen molar-refractivity contribution >= 4 is 6.09 Å². The van der Waals surface area contributed by atoms with Crippen LogP contribution in [-0.2, 0) is 9.47 Å². The van der Waals surface area contributed by atoms with Gasteiger partial charge in [-0.1, -0.05) is 66.7 Å². The van der Waals surface area contributed by atoms with Gasteiger partial charge in [-0.05, 0) is 60.9 Å². The molecule has 1 heterocycles. The molecule has 6 heteroatoms. The highest BCUT2D eigenvalue weighted by atomic mass is 16.6. The van der Waals surface area contributed by atoms with Gasteiger partial charge in [0.25, 0.3) is 0 Å². The van der Waals surface area contributed by atoms with Gasteiger partial charge >= 0.3 is 6.09 Å². The molecule has 1 unspecified atom stereocenters. The standard InChI is InChI=1S/C32H37NO5/c1-35-29-17-16-26(22-30(29)38-27-14-8-9-15-27)31-23-33(19-21-36-31)32(34)37-20-18-28(24-10-4-2-5-11-24)25-12-6-3-7-13-25/h2-7,10-13,16-17,22,27-28,31H,8-9,14-15,18-21,23H2,1H3. The summed E-state index contributed by atoms with van der Waals surface area (Å²) < 4.78 is 23.6. The van der Waals surface area contributed by atoms with Crippen molar-refractivity contribution in [1.29, 1.82) is 0 Å². The molecule has 0 radical (unpaired) electrons. The van der Waals surface area contributed by atoms with Crippen molar-refractivity contribution in [3.05, 3.63) is 95.6 Å². The second kappa shape index (κ2) is 12.8. The molecule has 0 N–H and O–H groups in total. The first kappa shape index (κ1) is 26.1. The Kier molecular flexibility index (Phi) is 8.82. The van der Waals surface area contributed by atoms with E-state index in [0.717, 1.165) is 29.9 Å². The minimum absolute atomic E-state index is 0.167. The van der Waals surface area contributed by atoms with E-state index in [1.165, 1.54) is 24.0 Å². The van der Waals surface area contributed by atoms with Crippen molar-refractivity contribution in [2.24, 2.45) is 0 Å². The number of hydrogen-bond acceptors (Lipinski definition) is 5. The molecule has 1 aliphatic heterocycles. The summed E-state index contributed by atoms with van der Waals surface area (Å²) in [5.41, 5.74) is 3.41. The Morgan fingerprint density at radius 1 is 0.947 bits per heavy atom. The van der Waals surface area contributed by atoms with Crippen LogP contribution >= 0.6 is 0 Å². The fraction of sp³-hybridized carbons (Fsp3) is 0.406. The van der Waals surface area contributed by atoms with Crippen LogP contribution < -0.4 is 9.47 Å². The summed E-state index contributed by atoms with van der Waals surface area (Å²) in [5.74, 6) is 1.63. The normalized spacial score (nSPS) is 17.9. The lowest BCUT2D eigenvalue weighted by molar-refractivity contribution is -0.0288. The zero-order valence-electron chi connectivity index (χ0n) is 22.1. The summed E-state index contributed by atoms with van der Waals surface area (Å²) in [4.78, 5) is 14.8. The first-order valence-corrected chi connectivity index (χ1v) is 13.7. The summed E-state index contributed by atoms with van der Waals surface area (Å²) >= 11 is 0. The highest BCUT2D eigenvalue weighted by molar-refractivity contribution is 5.67. The molecule has 5 rings (SSSR count). The third kappa shape index (κ3) is 6.48. The van der Waals surface area contributed by atoms with Crippen LogP contribution in [0.1, 0.15) is 60.8 Å². The summed E-state index contributed by atoms with van der Waals surface area (Å²) in [6, 6.07) is 26.7. The molecule has 0 aromatic heterocycles. The van der Waals surface area contributed by atoms with Gasteiger partial charge in [-0.25, -0.2) is 4.79 Å². The van der Waals surface area contributed by atoms with E-state index in [4.69, 9.17) is 18.9 Å². The molecule has 1 saturated heterocycles. The maximum atomic E-state index is 13.0. The average molecular weight is 516 g/mol. The first-order valence-electron chi connectivity index (χ1n) is 13.7. The zero-order chi connectivity index (χ0) is 26.2. The van der Waals surface area contributed by atoms with E-state index in [0.29, 0.717) is 32.7 Å².